The summed E-state index contributed by atoms with van der Waals surface area (Å²) >= 11 is 0. The van der Waals surface area contributed by atoms with E-state index in [0.717, 1.165) is 11.1 Å². The molecule has 0 spiro atoms. The molecule has 0 fully saturated rings. The van der Waals surface area contributed by atoms with E-state index in [9.17, 15) is 5.11 Å². The van der Waals surface area contributed by atoms with Gasteiger partial charge in [-0.15, -0.1) is 12.4 Å². The van der Waals surface area contributed by atoms with Crippen LogP contribution in [0.5, 0.6) is 0 Å². The predicted octanol–water partition coefficient (Wildman–Crippen LogP) is 4.31. The summed E-state index contributed by atoms with van der Waals surface area (Å²) in [7, 11) is 0. The summed E-state index contributed by atoms with van der Waals surface area (Å²) in [5.41, 5.74) is 8.75. The third-order valence-electron chi connectivity index (χ3n) is 3.82. The highest BCUT2D eigenvalue weighted by molar-refractivity contribution is 5.87. The second-order valence-corrected chi connectivity index (χ2v) is 5.28. The van der Waals surface area contributed by atoms with Gasteiger partial charge in [-0.25, -0.2) is 0 Å². The van der Waals surface area contributed by atoms with Crippen molar-refractivity contribution >= 4 is 23.2 Å². The van der Waals surface area contributed by atoms with Crippen LogP contribution in [-0.2, 0) is 0 Å². The Morgan fingerprint density at radius 3 is 2.14 bits per heavy atom. The molecule has 0 amide bonds. The summed E-state index contributed by atoms with van der Waals surface area (Å²) in [6.45, 7) is 0.494. The zero-order chi connectivity index (χ0) is 14.7. The molecule has 0 saturated carbocycles. The molecule has 3 heteroatoms. The van der Waals surface area contributed by atoms with E-state index in [4.69, 9.17) is 5.73 Å². The van der Waals surface area contributed by atoms with Gasteiger partial charge in [0.05, 0.1) is 6.10 Å². The van der Waals surface area contributed by atoms with Gasteiger partial charge in [-0.2, -0.15) is 0 Å². The number of hydrogen-bond acceptors (Lipinski definition) is 2. The van der Waals surface area contributed by atoms with E-state index in [-0.39, 0.29) is 12.4 Å². The Morgan fingerprint density at radius 1 is 0.818 bits per heavy atom. The molecule has 3 rings (SSSR count). The molecular formula is C19H20ClNO. The number of aliphatic hydroxyl groups excluding tert-OH is 1. The van der Waals surface area contributed by atoms with E-state index in [1.807, 2.05) is 12.1 Å². The third kappa shape index (κ3) is 3.47. The SMILES string of the molecule is Cl.NCCC(O)c1ccc(-c2ccc3ccccc3c2)cc1. The van der Waals surface area contributed by atoms with Gasteiger partial charge in [-0.3, -0.25) is 0 Å². The number of hydrogen-bond donors (Lipinski definition) is 2. The van der Waals surface area contributed by atoms with Crippen LogP contribution >= 0.6 is 12.4 Å². The summed E-state index contributed by atoms with van der Waals surface area (Å²) < 4.78 is 0. The lowest BCUT2D eigenvalue weighted by molar-refractivity contribution is 0.170. The topological polar surface area (TPSA) is 46.2 Å². The van der Waals surface area contributed by atoms with E-state index < -0.39 is 6.10 Å². The largest absolute Gasteiger partial charge is 0.388 e. The van der Waals surface area contributed by atoms with Crippen LogP contribution in [-0.4, -0.2) is 11.7 Å². The van der Waals surface area contributed by atoms with Crippen LogP contribution < -0.4 is 5.73 Å². The zero-order valence-electron chi connectivity index (χ0n) is 12.3. The van der Waals surface area contributed by atoms with Crippen LogP contribution in [0.1, 0.15) is 18.1 Å². The summed E-state index contributed by atoms with van der Waals surface area (Å²) in [6.07, 6.45) is 0.121. The molecular weight excluding hydrogens is 294 g/mol. The van der Waals surface area contributed by atoms with Crippen molar-refractivity contribution < 1.29 is 5.11 Å². The molecule has 1 unspecified atom stereocenters. The Morgan fingerprint density at radius 2 is 1.45 bits per heavy atom. The van der Waals surface area contributed by atoms with E-state index in [2.05, 4.69) is 54.6 Å². The lowest BCUT2D eigenvalue weighted by atomic mass is 9.98. The van der Waals surface area contributed by atoms with Gasteiger partial charge in [-0.05, 0) is 46.5 Å². The van der Waals surface area contributed by atoms with Crippen molar-refractivity contribution in [2.75, 3.05) is 6.54 Å². The summed E-state index contributed by atoms with van der Waals surface area (Å²) in [6, 6.07) is 22.9. The Hall–Kier alpha value is -1.87. The van der Waals surface area contributed by atoms with Gasteiger partial charge in [0.15, 0.2) is 0 Å². The van der Waals surface area contributed by atoms with Gasteiger partial charge in [0.25, 0.3) is 0 Å². The number of fused-ring (bicyclic) bond motifs is 1. The molecule has 0 aliphatic carbocycles. The molecule has 2 nitrogen and oxygen atoms in total. The predicted molar refractivity (Wildman–Crippen MR) is 95.3 cm³/mol. The molecule has 1 atom stereocenters. The second-order valence-electron chi connectivity index (χ2n) is 5.28. The second kappa shape index (κ2) is 7.41. The molecule has 0 saturated heterocycles. The van der Waals surface area contributed by atoms with Crippen LogP contribution in [0.25, 0.3) is 21.9 Å². The van der Waals surface area contributed by atoms with Crippen LogP contribution in [0.4, 0.5) is 0 Å². The van der Waals surface area contributed by atoms with Crippen molar-refractivity contribution in [2.24, 2.45) is 5.73 Å². The standard InChI is InChI=1S/C19H19NO.ClH/c20-12-11-19(21)16-8-5-15(6-9-16)18-10-7-14-3-1-2-4-17(14)13-18;/h1-10,13,19,21H,11-12,20H2;1H. The van der Waals surface area contributed by atoms with Crippen LogP contribution in [0.2, 0.25) is 0 Å². The van der Waals surface area contributed by atoms with Crippen molar-refractivity contribution in [1.82, 2.24) is 0 Å². The third-order valence-corrected chi connectivity index (χ3v) is 3.82. The fourth-order valence-electron chi connectivity index (χ4n) is 2.59. The van der Waals surface area contributed by atoms with Crippen LogP contribution in [0.15, 0.2) is 66.7 Å². The van der Waals surface area contributed by atoms with Crippen molar-refractivity contribution in [2.45, 2.75) is 12.5 Å². The van der Waals surface area contributed by atoms with Crippen LogP contribution in [0, 0.1) is 0 Å². The van der Waals surface area contributed by atoms with E-state index in [1.54, 1.807) is 0 Å². The first-order valence-corrected chi connectivity index (χ1v) is 7.25. The van der Waals surface area contributed by atoms with Crippen molar-refractivity contribution in [3.05, 3.63) is 72.3 Å². The van der Waals surface area contributed by atoms with Gasteiger partial charge < -0.3 is 10.8 Å². The average Bonchev–Trinajstić information content (AvgIpc) is 2.55. The van der Waals surface area contributed by atoms with Crippen molar-refractivity contribution in [3.8, 4) is 11.1 Å². The molecule has 0 radical (unpaired) electrons. The molecule has 0 aliphatic rings. The van der Waals surface area contributed by atoms with Crippen molar-refractivity contribution in [3.63, 3.8) is 0 Å². The fourth-order valence-corrected chi connectivity index (χ4v) is 2.59. The highest BCUT2D eigenvalue weighted by atomic mass is 35.5. The molecule has 114 valence electrons. The van der Waals surface area contributed by atoms with E-state index in [1.165, 1.54) is 16.3 Å². The van der Waals surface area contributed by atoms with Gasteiger partial charge in [-0.1, -0.05) is 60.7 Å². The maximum Gasteiger partial charge on any atom is 0.0802 e. The number of nitrogens with two attached hydrogens (primary N) is 1. The first-order chi connectivity index (χ1) is 10.3. The first-order valence-electron chi connectivity index (χ1n) is 7.25. The zero-order valence-corrected chi connectivity index (χ0v) is 13.1. The molecule has 0 aromatic heterocycles. The molecule has 0 aliphatic heterocycles. The van der Waals surface area contributed by atoms with Crippen molar-refractivity contribution in [1.29, 1.82) is 0 Å². The summed E-state index contributed by atoms with van der Waals surface area (Å²) in [5.74, 6) is 0. The van der Waals surface area contributed by atoms with Crippen LogP contribution in [0.3, 0.4) is 0 Å². The van der Waals surface area contributed by atoms with Gasteiger partial charge >= 0.3 is 0 Å². The normalized spacial score (nSPS) is 11.9. The van der Waals surface area contributed by atoms with Gasteiger partial charge in [0.1, 0.15) is 0 Å². The number of benzene rings is 3. The Bertz CT molecular complexity index is 740. The maximum absolute atomic E-state index is 9.94. The Kier molecular flexibility index (Phi) is 5.56. The highest BCUT2D eigenvalue weighted by Gasteiger charge is 2.06. The molecule has 3 aromatic rings. The minimum absolute atomic E-state index is 0. The fraction of sp³-hybridized carbons (Fsp3) is 0.158. The van der Waals surface area contributed by atoms with E-state index >= 15 is 0 Å². The smallest absolute Gasteiger partial charge is 0.0802 e. The van der Waals surface area contributed by atoms with Gasteiger partial charge in [0, 0.05) is 0 Å². The molecule has 3 N–H and O–H groups in total. The lowest BCUT2D eigenvalue weighted by Gasteiger charge is -2.10. The number of halogens is 1. The molecule has 3 aromatic carbocycles. The number of aliphatic hydroxyl groups is 1. The Balaban J connectivity index is 0.00000176. The molecule has 22 heavy (non-hydrogen) atoms. The number of rotatable bonds is 4. The maximum atomic E-state index is 9.94. The minimum atomic E-state index is -0.472. The monoisotopic (exact) mass is 313 g/mol. The average molecular weight is 314 g/mol. The lowest BCUT2D eigenvalue weighted by Crippen LogP contribution is -2.06. The molecule has 0 bridgehead atoms. The summed E-state index contributed by atoms with van der Waals surface area (Å²) in [4.78, 5) is 0. The quantitative estimate of drug-likeness (QED) is 0.754. The minimum Gasteiger partial charge on any atom is -0.388 e. The summed E-state index contributed by atoms with van der Waals surface area (Å²) in [5, 5.41) is 12.4. The van der Waals surface area contributed by atoms with E-state index in [0.29, 0.717) is 13.0 Å². The Labute approximate surface area is 137 Å². The molecule has 0 heterocycles. The first kappa shape index (κ1) is 16.5. The highest BCUT2D eigenvalue weighted by Crippen LogP contribution is 2.26. The van der Waals surface area contributed by atoms with Gasteiger partial charge in [0.2, 0.25) is 0 Å².